The van der Waals surface area contributed by atoms with Crippen molar-refractivity contribution in [2.24, 2.45) is 23.7 Å². The Labute approximate surface area is 156 Å². The van der Waals surface area contributed by atoms with Crippen molar-refractivity contribution in [3.63, 3.8) is 0 Å². The van der Waals surface area contributed by atoms with Gasteiger partial charge in [-0.15, -0.1) is 0 Å². The molecule has 25 heavy (non-hydrogen) atoms. The predicted octanol–water partition coefficient (Wildman–Crippen LogP) is 7.77. The molecule has 3 atom stereocenters. The Balaban J connectivity index is 1.50. The van der Waals surface area contributed by atoms with E-state index < -0.39 is 0 Å². The van der Waals surface area contributed by atoms with E-state index in [0.717, 1.165) is 36.0 Å². The number of unbranched alkanes of at least 4 members (excludes halogenated alkanes) is 1. The third-order valence-electron chi connectivity index (χ3n) is 7.55. The van der Waals surface area contributed by atoms with Gasteiger partial charge < -0.3 is 0 Å². The van der Waals surface area contributed by atoms with Gasteiger partial charge >= 0.3 is 0 Å². The van der Waals surface area contributed by atoms with Gasteiger partial charge in [0.1, 0.15) is 0 Å². The Morgan fingerprint density at radius 1 is 0.840 bits per heavy atom. The van der Waals surface area contributed by atoms with Gasteiger partial charge in [-0.05, 0) is 79.2 Å². The summed E-state index contributed by atoms with van der Waals surface area (Å²) in [4.78, 5) is 0. The fourth-order valence-electron chi connectivity index (χ4n) is 5.80. The van der Waals surface area contributed by atoms with E-state index in [1.807, 2.05) is 0 Å². The van der Waals surface area contributed by atoms with Crippen LogP contribution in [0.15, 0.2) is 24.3 Å². The molecule has 0 N–H and O–H groups in total. The molecular weight excluding hydrogens is 300 g/mol. The van der Waals surface area contributed by atoms with Crippen LogP contribution in [0.5, 0.6) is 0 Å². The van der Waals surface area contributed by atoms with Gasteiger partial charge in [-0.1, -0.05) is 77.1 Å². The Kier molecular flexibility index (Phi) is 7.02. The highest BCUT2D eigenvalue weighted by Crippen LogP contribution is 2.46. The van der Waals surface area contributed by atoms with Crippen molar-refractivity contribution >= 4 is 0 Å². The largest absolute Gasteiger partial charge is 0.0654 e. The molecule has 0 spiro atoms. The van der Waals surface area contributed by atoms with Crippen molar-refractivity contribution in [2.75, 3.05) is 0 Å². The molecule has 0 heterocycles. The molecule has 2 aliphatic rings. The molecule has 3 unspecified atom stereocenters. The molecule has 0 amide bonds. The van der Waals surface area contributed by atoms with Crippen molar-refractivity contribution in [2.45, 2.75) is 97.3 Å². The second-order valence-electron chi connectivity index (χ2n) is 9.18. The van der Waals surface area contributed by atoms with Crippen LogP contribution >= 0.6 is 0 Å². The van der Waals surface area contributed by atoms with E-state index >= 15 is 0 Å². The summed E-state index contributed by atoms with van der Waals surface area (Å²) < 4.78 is 0. The quantitative estimate of drug-likeness (QED) is 0.496. The highest BCUT2D eigenvalue weighted by Gasteiger charge is 2.34. The van der Waals surface area contributed by atoms with E-state index in [-0.39, 0.29) is 0 Å². The molecule has 0 aliphatic heterocycles. The Morgan fingerprint density at radius 3 is 2.12 bits per heavy atom. The lowest BCUT2D eigenvalue weighted by molar-refractivity contribution is 0.130. The van der Waals surface area contributed by atoms with Crippen molar-refractivity contribution in [1.82, 2.24) is 0 Å². The third kappa shape index (κ3) is 4.89. The van der Waals surface area contributed by atoms with Gasteiger partial charge in [0.15, 0.2) is 0 Å². The fourth-order valence-corrected chi connectivity index (χ4v) is 5.80. The molecule has 3 rings (SSSR count). The minimum Gasteiger partial charge on any atom is -0.0654 e. The maximum atomic E-state index is 2.53. The number of hydrogen-bond donors (Lipinski definition) is 0. The topological polar surface area (TPSA) is 0 Å². The smallest absolute Gasteiger partial charge is 0.0136 e. The van der Waals surface area contributed by atoms with Gasteiger partial charge in [0, 0.05) is 0 Å². The Morgan fingerprint density at radius 2 is 1.52 bits per heavy atom. The standard InChI is InChI=1S/C25H40/c1-4-6-7-21-10-12-22(13-11-21)24-16-17-25(19(3)18-24)23-14-8-20(5-2)9-15-23/h8-9,14-15,19,21-22,24-25H,4-7,10-13,16-18H2,1-3H3. The first-order valence-corrected chi connectivity index (χ1v) is 11.3. The summed E-state index contributed by atoms with van der Waals surface area (Å²) in [5, 5.41) is 0. The van der Waals surface area contributed by atoms with Crippen LogP contribution in [0.1, 0.15) is 102 Å². The minimum atomic E-state index is 0.808. The molecule has 0 nitrogen and oxygen atoms in total. The summed E-state index contributed by atoms with van der Waals surface area (Å²) in [5.41, 5.74) is 3.08. The number of rotatable bonds is 6. The fraction of sp³-hybridized carbons (Fsp3) is 0.760. The normalized spacial score (nSPS) is 33.3. The van der Waals surface area contributed by atoms with Gasteiger partial charge in [0.05, 0.1) is 0 Å². The Hall–Kier alpha value is -0.780. The molecule has 2 fully saturated rings. The summed E-state index contributed by atoms with van der Waals surface area (Å²) in [6, 6.07) is 9.54. The lowest BCUT2D eigenvalue weighted by atomic mass is 9.65. The van der Waals surface area contributed by atoms with Gasteiger partial charge in [-0.2, -0.15) is 0 Å². The monoisotopic (exact) mass is 340 g/mol. The highest BCUT2D eigenvalue weighted by molar-refractivity contribution is 5.26. The van der Waals surface area contributed by atoms with Crippen LogP contribution in [0.25, 0.3) is 0 Å². The summed E-state index contributed by atoms with van der Waals surface area (Å²) in [6.07, 6.45) is 16.0. The summed E-state index contributed by atoms with van der Waals surface area (Å²) in [7, 11) is 0. The second-order valence-corrected chi connectivity index (χ2v) is 9.18. The zero-order valence-corrected chi connectivity index (χ0v) is 17.0. The van der Waals surface area contributed by atoms with Crippen LogP contribution < -0.4 is 0 Å². The van der Waals surface area contributed by atoms with Crippen molar-refractivity contribution < 1.29 is 0 Å². The average molecular weight is 341 g/mol. The van der Waals surface area contributed by atoms with Crippen molar-refractivity contribution in [1.29, 1.82) is 0 Å². The van der Waals surface area contributed by atoms with Gasteiger partial charge in [-0.3, -0.25) is 0 Å². The molecule has 2 saturated carbocycles. The predicted molar refractivity (Wildman–Crippen MR) is 110 cm³/mol. The van der Waals surface area contributed by atoms with Crippen molar-refractivity contribution in [3.8, 4) is 0 Å². The Bertz CT molecular complexity index is 491. The maximum Gasteiger partial charge on any atom is -0.0136 e. The molecule has 1 aromatic carbocycles. The molecule has 2 aliphatic carbocycles. The average Bonchev–Trinajstić information content (AvgIpc) is 2.67. The van der Waals surface area contributed by atoms with Crippen LogP contribution in [0, 0.1) is 23.7 Å². The summed E-state index contributed by atoms with van der Waals surface area (Å²) in [5.74, 6) is 4.80. The lowest BCUT2D eigenvalue weighted by Crippen LogP contribution is -2.29. The first kappa shape index (κ1) is 19.0. The first-order chi connectivity index (χ1) is 12.2. The summed E-state index contributed by atoms with van der Waals surface area (Å²) in [6.45, 7) is 7.11. The van der Waals surface area contributed by atoms with E-state index in [4.69, 9.17) is 0 Å². The van der Waals surface area contributed by atoms with Crippen LogP contribution in [-0.2, 0) is 6.42 Å². The molecule has 0 bridgehead atoms. The first-order valence-electron chi connectivity index (χ1n) is 11.3. The molecule has 140 valence electrons. The van der Waals surface area contributed by atoms with Crippen molar-refractivity contribution in [3.05, 3.63) is 35.4 Å². The zero-order valence-electron chi connectivity index (χ0n) is 17.0. The molecule has 0 aromatic heterocycles. The van der Waals surface area contributed by atoms with E-state index in [1.165, 1.54) is 69.8 Å². The van der Waals surface area contributed by atoms with Crippen LogP contribution in [-0.4, -0.2) is 0 Å². The molecule has 0 saturated heterocycles. The van der Waals surface area contributed by atoms with E-state index in [2.05, 4.69) is 45.0 Å². The van der Waals surface area contributed by atoms with Gasteiger partial charge in [0.2, 0.25) is 0 Å². The van der Waals surface area contributed by atoms with Crippen LogP contribution in [0.2, 0.25) is 0 Å². The minimum absolute atomic E-state index is 0.808. The molecular formula is C25H40. The van der Waals surface area contributed by atoms with E-state index in [0.29, 0.717) is 0 Å². The summed E-state index contributed by atoms with van der Waals surface area (Å²) >= 11 is 0. The highest BCUT2D eigenvalue weighted by atomic mass is 14.4. The van der Waals surface area contributed by atoms with Crippen LogP contribution in [0.4, 0.5) is 0 Å². The molecule has 0 heteroatoms. The zero-order chi connectivity index (χ0) is 17.6. The third-order valence-corrected chi connectivity index (χ3v) is 7.55. The van der Waals surface area contributed by atoms with Gasteiger partial charge in [0.25, 0.3) is 0 Å². The number of aryl methyl sites for hydroxylation is 1. The van der Waals surface area contributed by atoms with E-state index in [9.17, 15) is 0 Å². The molecule has 1 aromatic rings. The molecule has 0 radical (unpaired) electrons. The number of hydrogen-bond acceptors (Lipinski definition) is 0. The van der Waals surface area contributed by atoms with E-state index in [1.54, 1.807) is 5.56 Å². The van der Waals surface area contributed by atoms with Gasteiger partial charge in [-0.25, -0.2) is 0 Å². The number of benzene rings is 1. The second kappa shape index (κ2) is 9.24. The SMILES string of the molecule is CCCCC1CCC(C2CCC(c3ccc(CC)cc3)C(C)C2)CC1. The van der Waals surface area contributed by atoms with Crippen LogP contribution in [0.3, 0.4) is 0 Å². The maximum absolute atomic E-state index is 2.53. The lowest BCUT2D eigenvalue weighted by Gasteiger charge is -2.41.